The lowest BCUT2D eigenvalue weighted by atomic mass is 9.60. The van der Waals surface area contributed by atoms with Crippen molar-refractivity contribution in [3.63, 3.8) is 0 Å². The Balaban J connectivity index is 2.06. The van der Waals surface area contributed by atoms with E-state index in [2.05, 4.69) is 31.1 Å². The molecule has 2 aromatic rings. The fourth-order valence-electron chi connectivity index (χ4n) is 4.66. The van der Waals surface area contributed by atoms with Crippen LogP contribution < -0.4 is 5.32 Å². The average Bonchev–Trinajstić information content (AvgIpc) is 2.60. The van der Waals surface area contributed by atoms with E-state index in [1.165, 1.54) is 12.3 Å². The molecule has 1 aromatic heterocycles. The number of rotatable bonds is 2. The van der Waals surface area contributed by atoms with E-state index in [0.717, 1.165) is 28.8 Å². The lowest BCUT2D eigenvalue weighted by molar-refractivity contribution is -0.118. The van der Waals surface area contributed by atoms with Crippen molar-refractivity contribution in [1.29, 1.82) is 0 Å². The number of nitrogens with one attached hydrogen (secondary N) is 1. The molecule has 0 fully saturated rings. The van der Waals surface area contributed by atoms with Crippen LogP contribution in [0.3, 0.4) is 0 Å². The van der Waals surface area contributed by atoms with Crippen LogP contribution in [-0.4, -0.2) is 10.8 Å². The van der Waals surface area contributed by atoms with Gasteiger partial charge in [-0.2, -0.15) is 0 Å². The summed E-state index contributed by atoms with van der Waals surface area (Å²) in [5.41, 5.74) is 2.71. The second-order valence-corrected chi connectivity index (χ2v) is 8.09. The summed E-state index contributed by atoms with van der Waals surface area (Å²) in [6.45, 7) is 6.28. The topological polar surface area (TPSA) is 42.0 Å². The summed E-state index contributed by atoms with van der Waals surface area (Å²) in [4.78, 5) is 17.6. The van der Waals surface area contributed by atoms with E-state index in [0.29, 0.717) is 18.7 Å². The van der Waals surface area contributed by atoms with Gasteiger partial charge in [0.05, 0.1) is 11.6 Å². The Bertz CT molecular complexity index is 917. The van der Waals surface area contributed by atoms with Gasteiger partial charge in [0.2, 0.25) is 0 Å². The highest BCUT2D eigenvalue weighted by molar-refractivity contribution is 6.02. The molecule has 2 aliphatic rings. The standard InChI is InChI=1S/C22H23FN2O/c1-4-22(14-8-6-5-7-9-14)16-10-15(23)13-24-20(16)25-17-11-21(2,3)12-18(26)19(17)22/h5-10,13H,4,11-12H2,1-3H3,(H,24,25)/t22-/m0/s1. The average molecular weight is 350 g/mol. The van der Waals surface area contributed by atoms with Crippen LogP contribution in [0, 0.1) is 11.2 Å². The first-order valence-electron chi connectivity index (χ1n) is 9.13. The summed E-state index contributed by atoms with van der Waals surface area (Å²) >= 11 is 0. The van der Waals surface area contributed by atoms with Crippen LogP contribution in [0.25, 0.3) is 0 Å². The number of hydrogen-bond acceptors (Lipinski definition) is 3. The molecule has 0 amide bonds. The number of allylic oxidation sites excluding steroid dienone is 2. The Labute approximate surface area is 153 Å². The Morgan fingerprint density at radius 1 is 1.19 bits per heavy atom. The molecule has 4 heteroatoms. The van der Waals surface area contributed by atoms with Gasteiger partial charge in [-0.1, -0.05) is 51.1 Å². The zero-order valence-corrected chi connectivity index (χ0v) is 15.4. The third-order valence-corrected chi connectivity index (χ3v) is 5.68. The first-order valence-corrected chi connectivity index (χ1v) is 9.13. The first kappa shape index (κ1) is 17.0. The molecule has 1 aliphatic heterocycles. The van der Waals surface area contributed by atoms with Gasteiger partial charge in [-0.3, -0.25) is 4.79 Å². The first-order chi connectivity index (χ1) is 12.4. The summed E-state index contributed by atoms with van der Waals surface area (Å²) in [7, 11) is 0. The van der Waals surface area contributed by atoms with Crippen LogP contribution in [0.1, 0.15) is 51.2 Å². The van der Waals surface area contributed by atoms with Gasteiger partial charge < -0.3 is 5.32 Å². The maximum Gasteiger partial charge on any atom is 0.162 e. The molecular formula is C22H23FN2O. The number of benzene rings is 1. The quantitative estimate of drug-likeness (QED) is 0.830. The zero-order chi connectivity index (χ0) is 18.5. The van der Waals surface area contributed by atoms with E-state index in [1.807, 2.05) is 30.3 Å². The van der Waals surface area contributed by atoms with Crippen molar-refractivity contribution in [1.82, 2.24) is 4.98 Å². The molecule has 26 heavy (non-hydrogen) atoms. The number of carbonyl (C=O) groups is 1. The minimum absolute atomic E-state index is 0.101. The third kappa shape index (κ3) is 2.39. The maximum absolute atomic E-state index is 14.1. The summed E-state index contributed by atoms with van der Waals surface area (Å²) < 4.78 is 14.1. The Hall–Kier alpha value is -2.49. The maximum atomic E-state index is 14.1. The minimum Gasteiger partial charge on any atom is -0.343 e. The van der Waals surface area contributed by atoms with E-state index >= 15 is 0 Å². The van der Waals surface area contributed by atoms with E-state index in [4.69, 9.17) is 0 Å². The largest absolute Gasteiger partial charge is 0.343 e. The number of halogens is 1. The number of anilines is 1. The van der Waals surface area contributed by atoms with Gasteiger partial charge in [0, 0.05) is 23.3 Å². The van der Waals surface area contributed by atoms with Crippen LogP contribution in [0.2, 0.25) is 0 Å². The normalized spacial score (nSPS) is 23.9. The Morgan fingerprint density at radius 3 is 2.62 bits per heavy atom. The van der Waals surface area contributed by atoms with Gasteiger partial charge in [-0.15, -0.1) is 0 Å². The van der Waals surface area contributed by atoms with Crippen molar-refractivity contribution in [2.24, 2.45) is 5.41 Å². The molecular weight excluding hydrogens is 327 g/mol. The zero-order valence-electron chi connectivity index (χ0n) is 15.4. The predicted octanol–water partition coefficient (Wildman–Crippen LogP) is 4.99. The fraction of sp³-hybridized carbons (Fsp3) is 0.364. The van der Waals surface area contributed by atoms with E-state index < -0.39 is 5.41 Å². The molecule has 2 heterocycles. The molecule has 1 aromatic carbocycles. The van der Waals surface area contributed by atoms with Crippen molar-refractivity contribution in [2.75, 3.05) is 5.32 Å². The summed E-state index contributed by atoms with van der Waals surface area (Å²) in [5.74, 6) is 0.415. The van der Waals surface area contributed by atoms with Gasteiger partial charge in [0.1, 0.15) is 11.6 Å². The van der Waals surface area contributed by atoms with E-state index in [-0.39, 0.29) is 17.0 Å². The van der Waals surface area contributed by atoms with Crippen molar-refractivity contribution in [3.05, 3.63) is 70.8 Å². The van der Waals surface area contributed by atoms with Gasteiger partial charge >= 0.3 is 0 Å². The van der Waals surface area contributed by atoms with Gasteiger partial charge in [0.25, 0.3) is 0 Å². The smallest absolute Gasteiger partial charge is 0.162 e. The fourth-order valence-corrected chi connectivity index (χ4v) is 4.66. The highest BCUT2D eigenvalue weighted by Gasteiger charge is 2.49. The number of hydrogen-bond donors (Lipinski definition) is 1. The molecule has 0 bridgehead atoms. The van der Waals surface area contributed by atoms with Crippen LogP contribution in [0.5, 0.6) is 0 Å². The molecule has 0 saturated heterocycles. The van der Waals surface area contributed by atoms with Crippen molar-refractivity contribution in [3.8, 4) is 0 Å². The number of carbonyl (C=O) groups excluding carboxylic acids is 1. The van der Waals surface area contributed by atoms with Crippen LogP contribution in [-0.2, 0) is 10.2 Å². The van der Waals surface area contributed by atoms with Gasteiger partial charge in [-0.05, 0) is 29.9 Å². The molecule has 0 spiro atoms. The number of ketones is 1. The molecule has 0 saturated carbocycles. The van der Waals surface area contributed by atoms with Gasteiger partial charge in [0.15, 0.2) is 5.78 Å². The monoisotopic (exact) mass is 350 g/mol. The third-order valence-electron chi connectivity index (χ3n) is 5.68. The lowest BCUT2D eigenvalue weighted by Crippen LogP contribution is -2.43. The number of nitrogens with zero attached hydrogens (tertiary/aromatic N) is 1. The molecule has 4 rings (SSSR count). The summed E-state index contributed by atoms with van der Waals surface area (Å²) in [6, 6.07) is 11.5. The second-order valence-electron chi connectivity index (χ2n) is 8.09. The molecule has 1 atom stereocenters. The number of Topliss-reactive ketones (excluding diaryl/α,β-unsaturated/α-hetero) is 1. The summed E-state index contributed by atoms with van der Waals surface area (Å²) in [5, 5.41) is 3.35. The van der Waals surface area contributed by atoms with E-state index in [1.54, 1.807) is 0 Å². The molecule has 1 N–H and O–H groups in total. The highest BCUT2D eigenvalue weighted by Crippen LogP contribution is 2.53. The predicted molar refractivity (Wildman–Crippen MR) is 100 cm³/mol. The van der Waals surface area contributed by atoms with Crippen LogP contribution in [0.15, 0.2) is 53.9 Å². The molecule has 0 radical (unpaired) electrons. The highest BCUT2D eigenvalue weighted by atomic mass is 19.1. The Morgan fingerprint density at radius 2 is 1.92 bits per heavy atom. The second kappa shape index (κ2) is 5.76. The number of fused-ring (bicyclic) bond motifs is 1. The van der Waals surface area contributed by atoms with E-state index in [9.17, 15) is 9.18 Å². The SMILES string of the molecule is CC[C@@]1(c2ccccc2)C2=C(CC(C)(C)CC2=O)Nc2ncc(F)cc21. The molecule has 1 aliphatic carbocycles. The Kier molecular flexibility index (Phi) is 3.76. The number of aromatic nitrogens is 1. The van der Waals surface area contributed by atoms with Crippen molar-refractivity contribution < 1.29 is 9.18 Å². The summed E-state index contributed by atoms with van der Waals surface area (Å²) in [6.07, 6.45) is 3.18. The number of pyridine rings is 1. The van der Waals surface area contributed by atoms with Crippen LogP contribution in [0.4, 0.5) is 10.2 Å². The van der Waals surface area contributed by atoms with Crippen LogP contribution >= 0.6 is 0 Å². The van der Waals surface area contributed by atoms with Gasteiger partial charge in [-0.25, -0.2) is 9.37 Å². The van der Waals surface area contributed by atoms with Crippen molar-refractivity contribution in [2.45, 2.75) is 45.4 Å². The molecule has 3 nitrogen and oxygen atoms in total. The molecule has 0 unspecified atom stereocenters. The van der Waals surface area contributed by atoms with Crippen molar-refractivity contribution >= 4 is 11.6 Å². The minimum atomic E-state index is -0.667. The lowest BCUT2D eigenvalue weighted by Gasteiger charge is -2.46. The molecule has 134 valence electrons.